The molecular weight excluding hydrogens is 466 g/mol. The number of allylic oxidation sites excluding steroid dienone is 1. The Labute approximate surface area is 207 Å². The fourth-order valence-electron chi connectivity index (χ4n) is 3.88. The minimum atomic E-state index is -0.448. The first-order chi connectivity index (χ1) is 16.6. The third kappa shape index (κ3) is 4.71. The van der Waals surface area contributed by atoms with Crippen molar-refractivity contribution in [3.8, 4) is 0 Å². The number of benzene rings is 3. The van der Waals surface area contributed by atoms with E-state index >= 15 is 0 Å². The van der Waals surface area contributed by atoms with E-state index in [1.807, 2.05) is 79.7 Å². The van der Waals surface area contributed by atoms with Crippen LogP contribution in [0.15, 0.2) is 101 Å². The molecule has 0 radical (unpaired) electrons. The quantitative estimate of drug-likeness (QED) is 0.319. The van der Waals surface area contributed by atoms with Gasteiger partial charge in [-0.05, 0) is 42.3 Å². The molecule has 1 aromatic heterocycles. The van der Waals surface area contributed by atoms with Gasteiger partial charge in [0, 0.05) is 22.2 Å². The molecule has 4 aromatic rings. The van der Waals surface area contributed by atoms with Crippen LogP contribution < -0.4 is 10.6 Å². The highest BCUT2D eigenvalue weighted by atomic mass is 35.5. The molecule has 2 N–H and O–H groups in total. The smallest absolute Gasteiger partial charge is 0.255 e. The van der Waals surface area contributed by atoms with Crippen molar-refractivity contribution in [1.82, 2.24) is 14.8 Å². The van der Waals surface area contributed by atoms with Crippen molar-refractivity contribution in [2.24, 2.45) is 0 Å². The molecule has 34 heavy (non-hydrogen) atoms. The van der Waals surface area contributed by atoms with Gasteiger partial charge in [-0.3, -0.25) is 4.79 Å². The maximum absolute atomic E-state index is 13.5. The molecule has 5 rings (SSSR count). The van der Waals surface area contributed by atoms with Crippen LogP contribution in [0.2, 0.25) is 5.02 Å². The second-order valence-electron chi connectivity index (χ2n) is 7.87. The van der Waals surface area contributed by atoms with Gasteiger partial charge in [0.05, 0.1) is 5.57 Å². The summed E-state index contributed by atoms with van der Waals surface area (Å²) in [5.41, 5.74) is 4.12. The Morgan fingerprint density at radius 2 is 1.71 bits per heavy atom. The molecule has 1 amide bonds. The van der Waals surface area contributed by atoms with Crippen LogP contribution in [0.1, 0.15) is 24.1 Å². The zero-order chi connectivity index (χ0) is 23.5. The van der Waals surface area contributed by atoms with Gasteiger partial charge in [-0.25, -0.2) is 4.68 Å². The van der Waals surface area contributed by atoms with E-state index in [-0.39, 0.29) is 5.91 Å². The van der Waals surface area contributed by atoms with Crippen molar-refractivity contribution in [1.29, 1.82) is 0 Å². The summed E-state index contributed by atoms with van der Waals surface area (Å²) < 4.78 is 1.78. The van der Waals surface area contributed by atoms with Crippen LogP contribution >= 0.6 is 23.4 Å². The van der Waals surface area contributed by atoms with Gasteiger partial charge in [0.2, 0.25) is 11.1 Å². The average Bonchev–Trinajstić information content (AvgIpc) is 3.26. The summed E-state index contributed by atoms with van der Waals surface area (Å²) >= 11 is 7.70. The number of amides is 1. The molecule has 1 aliphatic heterocycles. The van der Waals surface area contributed by atoms with E-state index in [4.69, 9.17) is 21.7 Å². The molecule has 1 atom stereocenters. The van der Waals surface area contributed by atoms with Gasteiger partial charge in [-0.2, -0.15) is 4.98 Å². The second-order valence-corrected chi connectivity index (χ2v) is 9.25. The van der Waals surface area contributed by atoms with Crippen LogP contribution in [-0.2, 0) is 10.5 Å². The number of rotatable bonds is 6. The molecule has 0 bridgehead atoms. The van der Waals surface area contributed by atoms with Crippen molar-refractivity contribution < 1.29 is 4.79 Å². The third-order valence-electron chi connectivity index (χ3n) is 5.51. The maximum Gasteiger partial charge on any atom is 0.255 e. The van der Waals surface area contributed by atoms with Crippen molar-refractivity contribution in [2.75, 3.05) is 10.6 Å². The molecule has 6 nitrogen and oxygen atoms in total. The highest BCUT2D eigenvalue weighted by Gasteiger charge is 2.34. The Morgan fingerprint density at radius 3 is 2.41 bits per heavy atom. The summed E-state index contributed by atoms with van der Waals surface area (Å²) in [5.74, 6) is 1.16. The summed E-state index contributed by atoms with van der Waals surface area (Å²) in [7, 11) is 0. The fourth-order valence-corrected chi connectivity index (χ4v) is 4.79. The monoisotopic (exact) mass is 487 g/mol. The zero-order valence-corrected chi connectivity index (χ0v) is 20.0. The number of hydrogen-bond acceptors (Lipinski definition) is 5. The first-order valence-electron chi connectivity index (χ1n) is 10.8. The van der Waals surface area contributed by atoms with E-state index in [9.17, 15) is 4.79 Å². The van der Waals surface area contributed by atoms with Crippen molar-refractivity contribution in [3.05, 3.63) is 112 Å². The predicted octanol–water partition coefficient (Wildman–Crippen LogP) is 6.15. The van der Waals surface area contributed by atoms with Gasteiger partial charge >= 0.3 is 0 Å². The van der Waals surface area contributed by atoms with Crippen LogP contribution in [-0.4, -0.2) is 20.7 Å². The SMILES string of the molecule is CC1=C(C(=O)Nc2ccccc2)[C@@H](c2ccc(Cl)cc2)n2nc(SCc3ccccc3)nc2N1. The standard InChI is InChI=1S/C26H22ClN5OS/c1-17-22(24(33)29-21-10-6-3-7-11-21)23(19-12-14-20(27)15-13-19)32-25(28-17)30-26(31-32)34-16-18-8-4-2-5-9-18/h2-15,23H,16H2,1H3,(H,29,33)(H,28,30,31)/t23-/m1/s1. The van der Waals surface area contributed by atoms with E-state index in [2.05, 4.69) is 22.8 Å². The largest absolute Gasteiger partial charge is 0.328 e. The molecule has 170 valence electrons. The number of carbonyl (C=O) groups excluding carboxylic acids is 1. The minimum Gasteiger partial charge on any atom is -0.328 e. The van der Waals surface area contributed by atoms with Gasteiger partial charge in [0.25, 0.3) is 5.91 Å². The lowest BCUT2D eigenvalue weighted by Gasteiger charge is -2.28. The first-order valence-corrected chi connectivity index (χ1v) is 12.2. The number of carbonyl (C=O) groups is 1. The van der Waals surface area contributed by atoms with Gasteiger partial charge in [0.15, 0.2) is 0 Å². The van der Waals surface area contributed by atoms with Gasteiger partial charge < -0.3 is 10.6 Å². The van der Waals surface area contributed by atoms with Crippen LogP contribution in [0.3, 0.4) is 0 Å². The Hall–Kier alpha value is -3.55. The Morgan fingerprint density at radius 1 is 1.03 bits per heavy atom. The van der Waals surface area contributed by atoms with Gasteiger partial charge in [-0.1, -0.05) is 84.0 Å². The van der Waals surface area contributed by atoms with E-state index in [0.717, 1.165) is 22.7 Å². The number of nitrogens with zero attached hydrogens (tertiary/aromatic N) is 3. The summed E-state index contributed by atoms with van der Waals surface area (Å²) in [4.78, 5) is 18.2. The maximum atomic E-state index is 13.5. The third-order valence-corrected chi connectivity index (χ3v) is 6.67. The molecule has 0 saturated heterocycles. The fraction of sp³-hybridized carbons (Fsp3) is 0.115. The molecule has 8 heteroatoms. The molecule has 0 spiro atoms. The summed E-state index contributed by atoms with van der Waals surface area (Å²) in [6.07, 6.45) is 0. The Bertz CT molecular complexity index is 1340. The van der Waals surface area contributed by atoms with Crippen molar-refractivity contribution >= 4 is 40.9 Å². The number of thioether (sulfide) groups is 1. The molecule has 0 unspecified atom stereocenters. The summed E-state index contributed by atoms with van der Waals surface area (Å²) in [5, 5.41) is 12.3. The minimum absolute atomic E-state index is 0.198. The predicted molar refractivity (Wildman–Crippen MR) is 137 cm³/mol. The van der Waals surface area contributed by atoms with E-state index < -0.39 is 6.04 Å². The topological polar surface area (TPSA) is 71.8 Å². The van der Waals surface area contributed by atoms with Crippen LogP contribution in [0.5, 0.6) is 0 Å². The lowest BCUT2D eigenvalue weighted by molar-refractivity contribution is -0.113. The molecular formula is C26H22ClN5OS. The number of halogens is 1. The molecule has 2 heterocycles. The number of aromatic nitrogens is 3. The van der Waals surface area contributed by atoms with Gasteiger partial charge in [0.1, 0.15) is 6.04 Å². The lowest BCUT2D eigenvalue weighted by atomic mass is 9.95. The highest BCUT2D eigenvalue weighted by Crippen LogP contribution is 2.37. The second kappa shape index (κ2) is 9.75. The van der Waals surface area contributed by atoms with Crippen molar-refractivity contribution in [3.63, 3.8) is 0 Å². The number of para-hydroxylation sites is 1. The van der Waals surface area contributed by atoms with Crippen LogP contribution in [0.4, 0.5) is 11.6 Å². The number of anilines is 2. The summed E-state index contributed by atoms with van der Waals surface area (Å²) in [6.45, 7) is 1.89. The lowest BCUT2D eigenvalue weighted by Crippen LogP contribution is -2.31. The molecule has 0 aliphatic carbocycles. The van der Waals surface area contributed by atoms with Crippen molar-refractivity contribution in [2.45, 2.75) is 23.9 Å². The number of fused-ring (bicyclic) bond motifs is 1. The molecule has 0 saturated carbocycles. The Kier molecular flexibility index (Phi) is 6.38. The van der Waals surface area contributed by atoms with E-state index in [0.29, 0.717) is 21.7 Å². The molecule has 0 fully saturated rings. The molecule has 1 aliphatic rings. The highest BCUT2D eigenvalue weighted by molar-refractivity contribution is 7.98. The molecule has 3 aromatic carbocycles. The number of hydrogen-bond donors (Lipinski definition) is 2. The van der Waals surface area contributed by atoms with Gasteiger partial charge in [-0.15, -0.1) is 5.10 Å². The summed E-state index contributed by atoms with van der Waals surface area (Å²) in [6, 6.07) is 26.6. The number of nitrogens with one attached hydrogen (secondary N) is 2. The normalized spacial score (nSPS) is 14.9. The van der Waals surface area contributed by atoms with E-state index in [1.54, 1.807) is 16.4 Å². The first kappa shape index (κ1) is 22.3. The average molecular weight is 488 g/mol. The zero-order valence-electron chi connectivity index (χ0n) is 18.4. The van der Waals surface area contributed by atoms with E-state index in [1.165, 1.54) is 5.56 Å². The Balaban J connectivity index is 1.49. The van der Waals surface area contributed by atoms with Crippen LogP contribution in [0, 0.1) is 0 Å². The van der Waals surface area contributed by atoms with Crippen LogP contribution in [0.25, 0.3) is 0 Å².